The molecule has 3 aromatic rings. The van der Waals surface area contributed by atoms with E-state index >= 15 is 0 Å². The summed E-state index contributed by atoms with van der Waals surface area (Å²) in [6, 6.07) is 18.8. The van der Waals surface area contributed by atoms with E-state index in [0.29, 0.717) is 5.95 Å². The molecule has 0 N–H and O–H groups in total. The second kappa shape index (κ2) is 6.89. The third-order valence-electron chi connectivity index (χ3n) is 4.54. The smallest absolute Gasteiger partial charge is 0.251 e. The minimum absolute atomic E-state index is 0.671. The average molecular weight is 331 g/mol. The number of hydrogen-bond donors (Lipinski definition) is 0. The first kappa shape index (κ1) is 15.6. The van der Waals surface area contributed by atoms with Crippen LogP contribution in [0.2, 0.25) is 0 Å². The van der Waals surface area contributed by atoms with Crippen molar-refractivity contribution in [3.8, 4) is 0 Å². The highest BCUT2D eigenvalue weighted by molar-refractivity contribution is 5.63. The van der Waals surface area contributed by atoms with Crippen molar-refractivity contribution in [1.29, 1.82) is 0 Å². The highest BCUT2D eigenvalue weighted by Crippen LogP contribution is 2.31. The monoisotopic (exact) mass is 331 g/mol. The van der Waals surface area contributed by atoms with E-state index in [-0.39, 0.29) is 0 Å². The molecule has 0 bridgehead atoms. The van der Waals surface area contributed by atoms with Crippen molar-refractivity contribution >= 4 is 17.5 Å². The van der Waals surface area contributed by atoms with Gasteiger partial charge in [-0.1, -0.05) is 48.5 Å². The topological polar surface area (TPSA) is 45.2 Å². The summed E-state index contributed by atoms with van der Waals surface area (Å²) >= 11 is 0. The fourth-order valence-electron chi connectivity index (χ4n) is 3.26. The van der Waals surface area contributed by atoms with E-state index in [9.17, 15) is 0 Å². The lowest BCUT2D eigenvalue weighted by molar-refractivity contribution is 0.737. The lowest BCUT2D eigenvalue weighted by Gasteiger charge is -2.29. The van der Waals surface area contributed by atoms with Gasteiger partial charge in [0.25, 0.3) is 5.95 Å². The molecular formula is C20H21N5. The van der Waals surface area contributed by atoms with E-state index in [0.717, 1.165) is 31.7 Å². The summed E-state index contributed by atoms with van der Waals surface area (Å²) in [6.07, 6.45) is 3.93. The van der Waals surface area contributed by atoms with Crippen LogP contribution >= 0.6 is 0 Å². The van der Waals surface area contributed by atoms with E-state index in [4.69, 9.17) is 4.98 Å². The van der Waals surface area contributed by atoms with Crippen molar-refractivity contribution in [3.63, 3.8) is 0 Å². The molecule has 0 unspecified atom stereocenters. The second-order valence-electron chi connectivity index (χ2n) is 6.34. The molecule has 0 fully saturated rings. The highest BCUT2D eigenvalue weighted by Gasteiger charge is 2.20. The number of anilines is 3. The Labute approximate surface area is 148 Å². The summed E-state index contributed by atoms with van der Waals surface area (Å²) in [5, 5.41) is 8.49. The predicted molar refractivity (Wildman–Crippen MR) is 100 cm³/mol. The fourth-order valence-corrected chi connectivity index (χ4v) is 3.26. The van der Waals surface area contributed by atoms with Crippen LogP contribution < -0.4 is 9.80 Å². The summed E-state index contributed by atoms with van der Waals surface area (Å²) in [5.41, 5.74) is 3.78. The van der Waals surface area contributed by atoms with Gasteiger partial charge in [-0.05, 0) is 30.0 Å². The molecule has 0 saturated heterocycles. The minimum atomic E-state index is 0.671. The summed E-state index contributed by atoms with van der Waals surface area (Å²) in [7, 11) is 2.03. The molecule has 0 aliphatic carbocycles. The molecule has 5 nitrogen and oxygen atoms in total. The van der Waals surface area contributed by atoms with Crippen LogP contribution in [0.1, 0.15) is 17.5 Å². The Balaban J connectivity index is 1.60. The SMILES string of the molecule is CN(Cc1ccccc1)c1cnnc(N2CCCc3ccccc32)n1. The van der Waals surface area contributed by atoms with Gasteiger partial charge >= 0.3 is 0 Å². The first-order chi connectivity index (χ1) is 12.3. The third-order valence-corrected chi connectivity index (χ3v) is 4.54. The Bertz CT molecular complexity index is 849. The van der Waals surface area contributed by atoms with Gasteiger partial charge < -0.3 is 9.80 Å². The van der Waals surface area contributed by atoms with Crippen LogP contribution in [0.3, 0.4) is 0 Å². The summed E-state index contributed by atoms with van der Waals surface area (Å²) in [4.78, 5) is 9.04. The molecule has 1 aliphatic rings. The molecule has 1 aromatic heterocycles. The maximum Gasteiger partial charge on any atom is 0.251 e. The van der Waals surface area contributed by atoms with Crippen molar-refractivity contribution < 1.29 is 0 Å². The average Bonchev–Trinajstić information content (AvgIpc) is 2.68. The van der Waals surface area contributed by atoms with Crippen LogP contribution in [0, 0.1) is 0 Å². The fraction of sp³-hybridized carbons (Fsp3) is 0.250. The molecule has 0 atom stereocenters. The van der Waals surface area contributed by atoms with E-state index in [1.807, 2.05) is 13.1 Å². The normalized spacial score (nSPS) is 13.4. The van der Waals surface area contributed by atoms with Crippen LogP contribution in [0.4, 0.5) is 17.5 Å². The lowest BCUT2D eigenvalue weighted by Crippen LogP contribution is -2.27. The van der Waals surface area contributed by atoms with Gasteiger partial charge in [0.15, 0.2) is 5.82 Å². The van der Waals surface area contributed by atoms with E-state index < -0.39 is 0 Å². The second-order valence-corrected chi connectivity index (χ2v) is 6.34. The van der Waals surface area contributed by atoms with Crippen LogP contribution in [0.5, 0.6) is 0 Å². The van der Waals surface area contributed by atoms with E-state index in [1.165, 1.54) is 16.8 Å². The lowest BCUT2D eigenvalue weighted by atomic mass is 10.0. The van der Waals surface area contributed by atoms with Gasteiger partial charge in [0.2, 0.25) is 0 Å². The first-order valence-electron chi connectivity index (χ1n) is 8.61. The Kier molecular flexibility index (Phi) is 4.29. The molecule has 0 saturated carbocycles. The molecule has 0 radical (unpaired) electrons. The molecule has 2 aromatic carbocycles. The summed E-state index contributed by atoms with van der Waals surface area (Å²) in [5.74, 6) is 1.50. The summed E-state index contributed by atoms with van der Waals surface area (Å²) in [6.45, 7) is 1.71. The van der Waals surface area contributed by atoms with Gasteiger partial charge in [-0.3, -0.25) is 0 Å². The Hall–Kier alpha value is -2.95. The zero-order valence-corrected chi connectivity index (χ0v) is 14.3. The quantitative estimate of drug-likeness (QED) is 0.731. The van der Waals surface area contributed by atoms with Crippen molar-refractivity contribution in [2.24, 2.45) is 0 Å². The van der Waals surface area contributed by atoms with Gasteiger partial charge in [-0.2, -0.15) is 10.1 Å². The summed E-state index contributed by atoms with van der Waals surface area (Å²) < 4.78 is 0. The number of nitrogens with zero attached hydrogens (tertiary/aromatic N) is 5. The Morgan fingerprint density at radius 3 is 2.72 bits per heavy atom. The van der Waals surface area contributed by atoms with Gasteiger partial charge in [0.05, 0.1) is 6.20 Å². The number of fused-ring (bicyclic) bond motifs is 1. The Morgan fingerprint density at radius 1 is 1.04 bits per heavy atom. The number of aryl methyl sites for hydroxylation is 1. The molecule has 5 heteroatoms. The van der Waals surface area contributed by atoms with Crippen molar-refractivity contribution in [2.75, 3.05) is 23.4 Å². The predicted octanol–water partition coefficient (Wildman–Crippen LogP) is 3.59. The van der Waals surface area contributed by atoms with Crippen LogP contribution in [0.25, 0.3) is 0 Å². The molecule has 0 amide bonds. The largest absolute Gasteiger partial charge is 0.354 e. The first-order valence-corrected chi connectivity index (χ1v) is 8.61. The van der Waals surface area contributed by atoms with Gasteiger partial charge in [0, 0.05) is 25.8 Å². The van der Waals surface area contributed by atoms with Gasteiger partial charge in [-0.25, -0.2) is 0 Å². The van der Waals surface area contributed by atoms with E-state index in [1.54, 1.807) is 6.20 Å². The molecule has 126 valence electrons. The minimum Gasteiger partial charge on any atom is -0.354 e. The van der Waals surface area contributed by atoms with Gasteiger partial charge in [0.1, 0.15) is 0 Å². The highest BCUT2D eigenvalue weighted by atomic mass is 15.3. The number of para-hydroxylation sites is 1. The zero-order valence-electron chi connectivity index (χ0n) is 14.3. The van der Waals surface area contributed by atoms with Crippen LogP contribution in [-0.4, -0.2) is 28.8 Å². The molecule has 2 heterocycles. The number of benzene rings is 2. The standard InChI is InChI=1S/C20H21N5/c1-24(15-16-8-3-2-4-9-16)19-14-21-23-20(22-19)25-13-7-11-17-10-5-6-12-18(17)25/h2-6,8-10,12,14H,7,11,13,15H2,1H3. The number of rotatable bonds is 4. The number of aromatic nitrogens is 3. The van der Waals surface area contributed by atoms with Crippen molar-refractivity contribution in [1.82, 2.24) is 15.2 Å². The molecule has 1 aliphatic heterocycles. The number of hydrogen-bond acceptors (Lipinski definition) is 5. The van der Waals surface area contributed by atoms with Crippen molar-refractivity contribution in [2.45, 2.75) is 19.4 Å². The van der Waals surface area contributed by atoms with Gasteiger partial charge in [-0.15, -0.1) is 5.10 Å². The maximum atomic E-state index is 4.77. The molecule has 4 rings (SSSR count). The van der Waals surface area contributed by atoms with Crippen LogP contribution in [0.15, 0.2) is 60.8 Å². The molecule has 0 spiro atoms. The van der Waals surface area contributed by atoms with E-state index in [2.05, 4.69) is 68.5 Å². The molecular weight excluding hydrogens is 310 g/mol. The molecule has 25 heavy (non-hydrogen) atoms. The Morgan fingerprint density at radius 2 is 1.84 bits per heavy atom. The van der Waals surface area contributed by atoms with Crippen molar-refractivity contribution in [3.05, 3.63) is 71.9 Å². The van der Waals surface area contributed by atoms with Crippen LogP contribution in [-0.2, 0) is 13.0 Å². The maximum absolute atomic E-state index is 4.77. The zero-order chi connectivity index (χ0) is 17.1. The third kappa shape index (κ3) is 3.31.